The van der Waals surface area contributed by atoms with Crippen LogP contribution in [-0.4, -0.2) is 17.4 Å². The van der Waals surface area contributed by atoms with E-state index < -0.39 is 5.60 Å². The second-order valence-electron chi connectivity index (χ2n) is 6.95. The summed E-state index contributed by atoms with van der Waals surface area (Å²) >= 11 is 0. The summed E-state index contributed by atoms with van der Waals surface area (Å²) in [6, 6.07) is 15.4. The van der Waals surface area contributed by atoms with Crippen molar-refractivity contribution in [2.45, 2.75) is 46.1 Å². The molecule has 0 amide bonds. The lowest BCUT2D eigenvalue weighted by atomic mass is 9.97. The molecule has 0 fully saturated rings. The summed E-state index contributed by atoms with van der Waals surface area (Å²) in [4.78, 5) is 23.5. The van der Waals surface area contributed by atoms with Gasteiger partial charge in [0, 0.05) is 6.42 Å². The average molecular weight is 324 g/mol. The van der Waals surface area contributed by atoms with Crippen LogP contribution in [0.15, 0.2) is 48.5 Å². The molecule has 0 radical (unpaired) electrons. The number of rotatable bonds is 5. The Kier molecular flexibility index (Phi) is 5.55. The van der Waals surface area contributed by atoms with Crippen LogP contribution in [0.25, 0.3) is 11.1 Å². The Labute approximate surface area is 143 Å². The first-order valence-electron chi connectivity index (χ1n) is 8.17. The van der Waals surface area contributed by atoms with Gasteiger partial charge in [0.15, 0.2) is 0 Å². The number of ketones is 1. The van der Waals surface area contributed by atoms with E-state index in [-0.39, 0.29) is 11.8 Å². The summed E-state index contributed by atoms with van der Waals surface area (Å²) in [5.41, 5.74) is 2.96. The second-order valence-corrected chi connectivity index (χ2v) is 6.95. The molecule has 0 aliphatic heterocycles. The Morgan fingerprint density at radius 3 is 2.17 bits per heavy atom. The number of hydrogen-bond donors (Lipinski definition) is 0. The van der Waals surface area contributed by atoms with Gasteiger partial charge < -0.3 is 9.53 Å². The highest BCUT2D eigenvalue weighted by Crippen LogP contribution is 2.26. The van der Waals surface area contributed by atoms with E-state index >= 15 is 0 Å². The van der Waals surface area contributed by atoms with Gasteiger partial charge in [-0.25, -0.2) is 4.79 Å². The maximum atomic E-state index is 12.4. The van der Waals surface area contributed by atoms with Crippen molar-refractivity contribution >= 4 is 11.8 Å². The number of esters is 1. The van der Waals surface area contributed by atoms with Crippen molar-refractivity contribution in [2.24, 2.45) is 0 Å². The number of benzene rings is 2. The van der Waals surface area contributed by atoms with E-state index in [4.69, 9.17) is 4.74 Å². The smallest absolute Gasteiger partial charge is 0.339 e. The van der Waals surface area contributed by atoms with Crippen molar-refractivity contribution in [1.29, 1.82) is 0 Å². The van der Waals surface area contributed by atoms with E-state index in [1.54, 1.807) is 13.0 Å². The van der Waals surface area contributed by atoms with Gasteiger partial charge in [-0.15, -0.1) is 0 Å². The Balaban J connectivity index is 2.26. The van der Waals surface area contributed by atoms with Crippen LogP contribution in [-0.2, 0) is 16.0 Å². The fourth-order valence-electron chi connectivity index (χ4n) is 2.42. The molecule has 0 heterocycles. The first kappa shape index (κ1) is 17.9. The Bertz CT molecular complexity index is 721. The van der Waals surface area contributed by atoms with E-state index in [0.29, 0.717) is 12.0 Å². The molecule has 0 aliphatic carbocycles. The second kappa shape index (κ2) is 7.43. The summed E-state index contributed by atoms with van der Waals surface area (Å²) < 4.78 is 5.50. The molecule has 0 saturated carbocycles. The van der Waals surface area contributed by atoms with Gasteiger partial charge in [0.05, 0.1) is 5.56 Å². The number of aryl methyl sites for hydroxylation is 1. The molecule has 0 bridgehead atoms. The molecule has 0 unspecified atom stereocenters. The third-order valence-electron chi connectivity index (χ3n) is 3.58. The molecular weight excluding hydrogens is 300 g/mol. The molecule has 126 valence electrons. The van der Waals surface area contributed by atoms with E-state index in [0.717, 1.165) is 23.1 Å². The standard InChI is InChI=1S/C21H24O3/c1-15(22)9-10-16-11-13-17(14-12-16)18-7-5-6-8-19(18)20(23)24-21(2,3)4/h5-8,11-14H,9-10H2,1-4H3. The first-order valence-corrected chi connectivity index (χ1v) is 8.17. The van der Waals surface area contributed by atoms with Crippen LogP contribution in [0.4, 0.5) is 0 Å². The molecule has 0 atom stereocenters. The van der Waals surface area contributed by atoms with E-state index in [9.17, 15) is 9.59 Å². The van der Waals surface area contributed by atoms with Crippen LogP contribution in [0.1, 0.15) is 50.0 Å². The fraction of sp³-hybridized carbons (Fsp3) is 0.333. The molecule has 0 aliphatic rings. The van der Waals surface area contributed by atoms with Gasteiger partial charge in [0.2, 0.25) is 0 Å². The number of carbonyl (C=O) groups is 2. The van der Waals surface area contributed by atoms with Crippen LogP contribution in [0.5, 0.6) is 0 Å². The summed E-state index contributed by atoms with van der Waals surface area (Å²) in [6.07, 6.45) is 1.29. The van der Waals surface area contributed by atoms with Gasteiger partial charge >= 0.3 is 5.97 Å². The highest BCUT2D eigenvalue weighted by Gasteiger charge is 2.20. The van der Waals surface area contributed by atoms with Crippen molar-refractivity contribution in [1.82, 2.24) is 0 Å². The molecule has 2 aromatic carbocycles. The van der Waals surface area contributed by atoms with Crippen molar-refractivity contribution < 1.29 is 14.3 Å². The molecular formula is C21H24O3. The molecule has 24 heavy (non-hydrogen) atoms. The molecule has 0 saturated heterocycles. The fourth-order valence-corrected chi connectivity index (χ4v) is 2.42. The Hall–Kier alpha value is -2.42. The van der Waals surface area contributed by atoms with Crippen LogP contribution in [0, 0.1) is 0 Å². The molecule has 2 rings (SSSR count). The van der Waals surface area contributed by atoms with Gasteiger partial charge in [-0.05, 0) is 56.9 Å². The zero-order valence-electron chi connectivity index (χ0n) is 14.8. The maximum Gasteiger partial charge on any atom is 0.339 e. The maximum absolute atomic E-state index is 12.4. The van der Waals surface area contributed by atoms with Crippen molar-refractivity contribution in [3.8, 4) is 11.1 Å². The number of hydrogen-bond acceptors (Lipinski definition) is 3. The summed E-state index contributed by atoms with van der Waals surface area (Å²) in [7, 11) is 0. The summed E-state index contributed by atoms with van der Waals surface area (Å²) in [5.74, 6) is -0.131. The average Bonchev–Trinajstić information content (AvgIpc) is 2.52. The molecule has 0 N–H and O–H groups in total. The van der Waals surface area contributed by atoms with E-state index in [1.165, 1.54) is 0 Å². The number of carbonyl (C=O) groups excluding carboxylic acids is 2. The minimum atomic E-state index is -0.527. The van der Waals surface area contributed by atoms with Crippen LogP contribution >= 0.6 is 0 Å². The molecule has 0 spiro atoms. The van der Waals surface area contributed by atoms with Crippen LogP contribution < -0.4 is 0 Å². The van der Waals surface area contributed by atoms with E-state index in [1.807, 2.05) is 63.2 Å². The zero-order chi connectivity index (χ0) is 17.7. The lowest BCUT2D eigenvalue weighted by molar-refractivity contribution is -0.116. The lowest BCUT2D eigenvalue weighted by Gasteiger charge is -2.20. The van der Waals surface area contributed by atoms with Gasteiger partial charge in [-0.3, -0.25) is 0 Å². The minimum Gasteiger partial charge on any atom is -0.456 e. The van der Waals surface area contributed by atoms with Gasteiger partial charge in [0.1, 0.15) is 11.4 Å². The first-order chi connectivity index (χ1) is 11.3. The predicted octanol–water partition coefficient (Wildman–Crippen LogP) is 4.83. The van der Waals surface area contributed by atoms with Crippen molar-refractivity contribution in [2.75, 3.05) is 0 Å². The molecule has 3 heteroatoms. The third kappa shape index (κ3) is 5.05. The topological polar surface area (TPSA) is 43.4 Å². The van der Waals surface area contributed by atoms with Crippen LogP contribution in [0.2, 0.25) is 0 Å². The molecule has 2 aromatic rings. The van der Waals surface area contributed by atoms with Crippen molar-refractivity contribution in [3.05, 3.63) is 59.7 Å². The number of Topliss-reactive ketones (excluding diaryl/α,β-unsaturated/α-hetero) is 1. The Morgan fingerprint density at radius 1 is 0.958 bits per heavy atom. The lowest BCUT2D eigenvalue weighted by Crippen LogP contribution is -2.24. The normalized spacial score (nSPS) is 11.2. The van der Waals surface area contributed by atoms with Crippen molar-refractivity contribution in [3.63, 3.8) is 0 Å². The Morgan fingerprint density at radius 2 is 1.58 bits per heavy atom. The SMILES string of the molecule is CC(=O)CCc1ccc(-c2ccccc2C(=O)OC(C)(C)C)cc1. The third-order valence-corrected chi connectivity index (χ3v) is 3.58. The molecule has 3 nitrogen and oxygen atoms in total. The van der Waals surface area contributed by atoms with E-state index in [2.05, 4.69) is 0 Å². The minimum absolute atomic E-state index is 0.189. The summed E-state index contributed by atoms with van der Waals surface area (Å²) in [6.45, 7) is 7.18. The molecule has 0 aromatic heterocycles. The van der Waals surface area contributed by atoms with Gasteiger partial charge in [-0.2, -0.15) is 0 Å². The van der Waals surface area contributed by atoms with Gasteiger partial charge in [-0.1, -0.05) is 42.5 Å². The quantitative estimate of drug-likeness (QED) is 0.740. The van der Waals surface area contributed by atoms with Crippen LogP contribution in [0.3, 0.4) is 0 Å². The largest absolute Gasteiger partial charge is 0.456 e. The zero-order valence-corrected chi connectivity index (χ0v) is 14.8. The number of ether oxygens (including phenoxy) is 1. The highest BCUT2D eigenvalue weighted by atomic mass is 16.6. The predicted molar refractivity (Wildman–Crippen MR) is 96.0 cm³/mol. The summed E-state index contributed by atoms with van der Waals surface area (Å²) in [5, 5.41) is 0. The van der Waals surface area contributed by atoms with Gasteiger partial charge in [0.25, 0.3) is 0 Å². The highest BCUT2D eigenvalue weighted by molar-refractivity contribution is 5.97. The monoisotopic (exact) mass is 324 g/mol.